The van der Waals surface area contributed by atoms with Crippen molar-refractivity contribution in [2.24, 2.45) is 0 Å². The number of hydrogen-bond acceptors (Lipinski definition) is 0. The fourth-order valence-corrected chi connectivity index (χ4v) is 2.23. The molecule has 0 saturated carbocycles. The fourth-order valence-electron chi connectivity index (χ4n) is 1.23. The van der Waals surface area contributed by atoms with Gasteiger partial charge in [0.1, 0.15) is 0 Å². The summed E-state index contributed by atoms with van der Waals surface area (Å²) in [4.78, 5) is 0. The molecule has 2 rings (SSSR count). The second-order valence-electron chi connectivity index (χ2n) is 3.08. The van der Waals surface area contributed by atoms with E-state index in [0.717, 1.165) is 0 Å². The minimum atomic E-state index is 0.0969. The van der Waals surface area contributed by atoms with Gasteiger partial charge in [-0.05, 0) is 22.5 Å². The van der Waals surface area contributed by atoms with Crippen LogP contribution in [0.15, 0.2) is 65.5 Å². The second kappa shape index (κ2) is 5.35. The molecule has 74 valence electrons. The van der Waals surface area contributed by atoms with E-state index in [2.05, 4.69) is 46.2 Å². The van der Waals surface area contributed by atoms with Crippen molar-refractivity contribution in [3.05, 3.63) is 71.0 Å². The summed E-state index contributed by atoms with van der Waals surface area (Å²) in [5, 5.41) is 7.59. The highest BCUT2D eigenvalue weighted by Gasteiger charge is 1.83. The van der Waals surface area contributed by atoms with Gasteiger partial charge in [0, 0.05) is 0 Å². The Labute approximate surface area is 92.9 Å². The number of benzene rings is 1. The molecule has 0 aliphatic carbocycles. The molecule has 0 spiro atoms. The van der Waals surface area contributed by atoms with Crippen LogP contribution in [0.1, 0.15) is 5.56 Å². The molecule has 0 nitrogen and oxygen atoms in total. The van der Waals surface area contributed by atoms with Crippen LogP contribution in [0.4, 0.5) is 0 Å². The molecule has 0 atom stereocenters. The van der Waals surface area contributed by atoms with Crippen LogP contribution in [0.3, 0.4) is 0 Å². The quantitative estimate of drug-likeness (QED) is 0.514. The van der Waals surface area contributed by atoms with Gasteiger partial charge in [-0.15, -0.1) is 0 Å². The van der Waals surface area contributed by atoms with Gasteiger partial charge in [0.25, 0.3) is 0 Å². The normalized spacial score (nSPS) is 14.7. The van der Waals surface area contributed by atoms with Crippen LogP contribution in [-0.2, 0) is 0 Å². The molecule has 1 heteroatoms. The van der Waals surface area contributed by atoms with Crippen LogP contribution in [0, 0.1) is 0 Å². The molecule has 1 heterocycles. The van der Waals surface area contributed by atoms with Crippen LogP contribution in [0.5, 0.6) is 0 Å². The Morgan fingerprint density at radius 3 is 2.47 bits per heavy atom. The van der Waals surface area contributed by atoms with Crippen molar-refractivity contribution in [3.8, 4) is 0 Å². The molecule has 1 aromatic rings. The molecule has 0 bridgehead atoms. The number of hydrogen-bond donors (Lipinski definition) is 0. The molecule has 1 aliphatic rings. The molecule has 1 aromatic carbocycles. The Kier molecular flexibility index (Phi) is 3.56. The molecule has 15 heavy (non-hydrogen) atoms. The number of rotatable bonds is 2. The van der Waals surface area contributed by atoms with Gasteiger partial charge in [-0.3, -0.25) is 0 Å². The summed E-state index contributed by atoms with van der Waals surface area (Å²) >= 11 is 0. The zero-order chi connectivity index (χ0) is 10.3. The summed E-state index contributed by atoms with van der Waals surface area (Å²) in [5.74, 6) is 0. The monoisotopic (exact) mass is 212 g/mol. The standard InChI is InChI=1S/C14H12S/c1-2-8-14(9-3-1)10-4-5-11-15-12-6-7-13-15/h1-10,12-13H. The first-order valence-corrected chi connectivity index (χ1v) is 6.18. The summed E-state index contributed by atoms with van der Waals surface area (Å²) in [5.41, 5.74) is 1.22. The summed E-state index contributed by atoms with van der Waals surface area (Å²) in [6.07, 6.45) is 10.2. The minimum Gasteiger partial charge on any atom is -0.0948 e. The highest BCUT2D eigenvalue weighted by atomic mass is 32.2. The zero-order valence-corrected chi connectivity index (χ0v) is 9.15. The maximum Gasteiger partial charge on any atom is -0.0132 e. The van der Waals surface area contributed by atoms with E-state index in [1.54, 1.807) is 0 Å². The van der Waals surface area contributed by atoms with Crippen molar-refractivity contribution in [1.29, 1.82) is 0 Å². The van der Waals surface area contributed by atoms with Crippen molar-refractivity contribution in [1.82, 2.24) is 0 Å². The summed E-state index contributed by atoms with van der Waals surface area (Å²) in [6, 6.07) is 10.3. The second-order valence-corrected chi connectivity index (χ2v) is 4.61. The Morgan fingerprint density at radius 2 is 1.73 bits per heavy atom. The minimum absolute atomic E-state index is 0.0969. The maximum absolute atomic E-state index is 3.29. The zero-order valence-electron chi connectivity index (χ0n) is 8.34. The van der Waals surface area contributed by atoms with E-state index in [4.69, 9.17) is 0 Å². The highest BCUT2D eigenvalue weighted by molar-refractivity contribution is 8.19. The molecule has 0 saturated heterocycles. The lowest BCUT2D eigenvalue weighted by atomic mass is 10.2. The number of allylic oxidation sites excluding steroid dienone is 4. The van der Waals surface area contributed by atoms with Gasteiger partial charge in [0.2, 0.25) is 0 Å². The van der Waals surface area contributed by atoms with E-state index < -0.39 is 0 Å². The first kappa shape index (κ1) is 9.97. The Hall–Kier alpha value is -1.56. The molecule has 0 aromatic heterocycles. The predicted molar refractivity (Wildman–Crippen MR) is 70.9 cm³/mol. The molecule has 0 unspecified atom stereocenters. The van der Waals surface area contributed by atoms with Gasteiger partial charge in [0.15, 0.2) is 0 Å². The SMILES string of the molecule is C(=CC=Cc1ccccc1)=S1C=CC=C1. The summed E-state index contributed by atoms with van der Waals surface area (Å²) < 4.78 is 0. The first-order valence-electron chi connectivity index (χ1n) is 4.83. The van der Waals surface area contributed by atoms with Crippen LogP contribution in [-0.4, -0.2) is 5.02 Å². The smallest absolute Gasteiger partial charge is 0.0132 e. The average Bonchev–Trinajstić information content (AvgIpc) is 2.79. The van der Waals surface area contributed by atoms with Gasteiger partial charge in [-0.1, -0.05) is 70.1 Å². The van der Waals surface area contributed by atoms with E-state index in [1.165, 1.54) is 5.56 Å². The van der Waals surface area contributed by atoms with Gasteiger partial charge in [-0.2, -0.15) is 0 Å². The maximum atomic E-state index is 3.29. The van der Waals surface area contributed by atoms with E-state index in [9.17, 15) is 0 Å². The molecular formula is C14H12S. The van der Waals surface area contributed by atoms with Gasteiger partial charge in [0.05, 0.1) is 0 Å². The molecule has 0 N–H and O–H groups in total. The van der Waals surface area contributed by atoms with Crippen LogP contribution >= 0.6 is 10.5 Å². The van der Waals surface area contributed by atoms with Crippen LogP contribution in [0.2, 0.25) is 0 Å². The Balaban J connectivity index is 2.05. The lowest BCUT2D eigenvalue weighted by Crippen LogP contribution is -1.66. The molecule has 0 fully saturated rings. The van der Waals surface area contributed by atoms with Gasteiger partial charge >= 0.3 is 0 Å². The third-order valence-electron chi connectivity index (χ3n) is 1.95. The predicted octanol–water partition coefficient (Wildman–Crippen LogP) is 3.97. The van der Waals surface area contributed by atoms with Gasteiger partial charge in [-0.25, -0.2) is 0 Å². The molecule has 0 radical (unpaired) electrons. The summed E-state index contributed by atoms with van der Waals surface area (Å²) in [6.45, 7) is 0. The van der Waals surface area contributed by atoms with E-state index >= 15 is 0 Å². The Morgan fingerprint density at radius 1 is 1.00 bits per heavy atom. The van der Waals surface area contributed by atoms with Crippen molar-refractivity contribution in [3.63, 3.8) is 0 Å². The topological polar surface area (TPSA) is 0 Å². The van der Waals surface area contributed by atoms with Crippen molar-refractivity contribution < 1.29 is 0 Å². The van der Waals surface area contributed by atoms with E-state index in [-0.39, 0.29) is 10.5 Å². The Bertz CT molecular complexity index is 455. The molecule has 1 aliphatic heterocycles. The van der Waals surface area contributed by atoms with Crippen molar-refractivity contribution in [2.75, 3.05) is 0 Å². The lowest BCUT2D eigenvalue weighted by Gasteiger charge is -1.87. The van der Waals surface area contributed by atoms with Gasteiger partial charge < -0.3 is 0 Å². The largest absolute Gasteiger partial charge is 0.0948 e. The van der Waals surface area contributed by atoms with Crippen LogP contribution in [0.25, 0.3) is 6.08 Å². The fraction of sp³-hybridized carbons (Fsp3) is 0. The highest BCUT2D eigenvalue weighted by Crippen LogP contribution is 2.19. The van der Waals surface area contributed by atoms with Crippen molar-refractivity contribution in [2.45, 2.75) is 0 Å². The van der Waals surface area contributed by atoms with E-state index in [0.29, 0.717) is 0 Å². The van der Waals surface area contributed by atoms with E-state index in [1.807, 2.05) is 30.4 Å². The van der Waals surface area contributed by atoms with Crippen molar-refractivity contribution >= 4 is 21.6 Å². The third-order valence-corrected chi connectivity index (χ3v) is 3.26. The first-order chi connectivity index (χ1) is 7.45. The van der Waals surface area contributed by atoms with Crippen LogP contribution < -0.4 is 0 Å². The lowest BCUT2D eigenvalue weighted by molar-refractivity contribution is 1.66. The molecule has 0 amide bonds. The summed E-state index contributed by atoms with van der Waals surface area (Å²) in [7, 11) is 0.0969. The average molecular weight is 212 g/mol. The third kappa shape index (κ3) is 3.25. The molecular weight excluding hydrogens is 200 g/mol.